The number of nitrogens with one attached hydrogen (secondary N) is 1. The molecule has 1 heterocycles. The maximum Gasteiger partial charge on any atom is 0.264 e. The Balaban J connectivity index is 2.07. The van der Waals surface area contributed by atoms with E-state index < -0.39 is 17.9 Å². The molecule has 7 heteroatoms. The summed E-state index contributed by atoms with van der Waals surface area (Å²) >= 11 is 0. The summed E-state index contributed by atoms with van der Waals surface area (Å²) in [4.78, 5) is 27.6. The third-order valence-corrected chi connectivity index (χ3v) is 4.76. The molecule has 1 unspecified atom stereocenters. The normalized spacial score (nSPS) is 13.5. The number of rotatable bonds is 8. The SMILES string of the molecule is C=C(C)Nc1cccc2c1C(=O)N(C(CC#N)c1ccc(OC)c(OCC)c1)C2=O. The van der Waals surface area contributed by atoms with Crippen molar-refractivity contribution in [3.63, 3.8) is 0 Å². The third kappa shape index (κ3) is 3.72. The number of allylic oxidation sites excluding steroid dienone is 1. The van der Waals surface area contributed by atoms with Gasteiger partial charge < -0.3 is 14.8 Å². The first-order chi connectivity index (χ1) is 14.4. The molecule has 0 radical (unpaired) electrons. The van der Waals surface area contributed by atoms with Crippen LogP contribution in [0.25, 0.3) is 0 Å². The van der Waals surface area contributed by atoms with Crippen molar-refractivity contribution >= 4 is 17.5 Å². The molecule has 0 aromatic heterocycles. The van der Waals surface area contributed by atoms with Crippen LogP contribution in [0.2, 0.25) is 0 Å². The maximum absolute atomic E-state index is 13.3. The van der Waals surface area contributed by atoms with Crippen molar-refractivity contribution in [1.82, 2.24) is 4.90 Å². The number of hydrogen-bond donors (Lipinski definition) is 1. The Hall–Kier alpha value is -3.79. The number of anilines is 1. The minimum absolute atomic E-state index is 0.0490. The van der Waals surface area contributed by atoms with Crippen LogP contribution in [0.4, 0.5) is 5.69 Å². The number of hydrogen-bond acceptors (Lipinski definition) is 6. The lowest BCUT2D eigenvalue weighted by Gasteiger charge is -2.25. The molecular weight excluding hydrogens is 382 g/mol. The van der Waals surface area contributed by atoms with Crippen LogP contribution in [0.3, 0.4) is 0 Å². The van der Waals surface area contributed by atoms with E-state index in [1.807, 2.05) is 6.92 Å². The van der Waals surface area contributed by atoms with E-state index in [4.69, 9.17) is 9.47 Å². The highest BCUT2D eigenvalue weighted by atomic mass is 16.5. The van der Waals surface area contributed by atoms with E-state index in [9.17, 15) is 14.9 Å². The molecular formula is C23H23N3O4. The van der Waals surface area contributed by atoms with Crippen LogP contribution < -0.4 is 14.8 Å². The maximum atomic E-state index is 13.3. The molecule has 2 aromatic carbocycles. The van der Waals surface area contributed by atoms with E-state index in [1.54, 1.807) is 43.3 Å². The topological polar surface area (TPSA) is 91.7 Å². The summed E-state index contributed by atoms with van der Waals surface area (Å²) < 4.78 is 10.9. The fourth-order valence-electron chi connectivity index (χ4n) is 3.53. The van der Waals surface area contributed by atoms with Crippen LogP contribution in [-0.4, -0.2) is 30.4 Å². The number of nitrogens with zero attached hydrogens (tertiary/aromatic N) is 2. The molecule has 2 amide bonds. The van der Waals surface area contributed by atoms with Crippen molar-refractivity contribution < 1.29 is 19.1 Å². The predicted octanol–water partition coefficient (Wildman–Crippen LogP) is 4.29. The van der Waals surface area contributed by atoms with Gasteiger partial charge in [-0.2, -0.15) is 5.26 Å². The van der Waals surface area contributed by atoms with E-state index in [2.05, 4.69) is 18.0 Å². The van der Waals surface area contributed by atoms with Crippen LogP contribution in [0.5, 0.6) is 11.5 Å². The molecule has 0 bridgehead atoms. The van der Waals surface area contributed by atoms with Gasteiger partial charge in [-0.05, 0) is 43.7 Å². The summed E-state index contributed by atoms with van der Waals surface area (Å²) in [6.07, 6.45) is -0.0490. The van der Waals surface area contributed by atoms with Crippen molar-refractivity contribution in [3.8, 4) is 17.6 Å². The van der Waals surface area contributed by atoms with Crippen LogP contribution in [-0.2, 0) is 0 Å². The van der Waals surface area contributed by atoms with Crippen molar-refractivity contribution in [2.24, 2.45) is 0 Å². The highest BCUT2D eigenvalue weighted by Gasteiger charge is 2.42. The van der Waals surface area contributed by atoms with E-state index >= 15 is 0 Å². The molecule has 30 heavy (non-hydrogen) atoms. The number of fused-ring (bicyclic) bond motifs is 1. The van der Waals surface area contributed by atoms with Gasteiger partial charge in [0.1, 0.15) is 0 Å². The van der Waals surface area contributed by atoms with E-state index in [0.29, 0.717) is 40.6 Å². The molecule has 7 nitrogen and oxygen atoms in total. The van der Waals surface area contributed by atoms with Gasteiger partial charge in [0.25, 0.3) is 11.8 Å². The zero-order valence-corrected chi connectivity index (χ0v) is 17.2. The highest BCUT2D eigenvalue weighted by Crippen LogP contribution is 2.39. The van der Waals surface area contributed by atoms with Crippen molar-refractivity contribution in [3.05, 3.63) is 65.4 Å². The number of ether oxygens (including phenoxy) is 2. The Kier molecular flexibility index (Phi) is 6.07. The second-order valence-corrected chi connectivity index (χ2v) is 6.84. The van der Waals surface area contributed by atoms with Gasteiger partial charge in [0.15, 0.2) is 11.5 Å². The van der Waals surface area contributed by atoms with Gasteiger partial charge in [-0.1, -0.05) is 18.7 Å². The lowest BCUT2D eigenvalue weighted by atomic mass is 10.0. The van der Waals surface area contributed by atoms with Crippen LogP contribution in [0, 0.1) is 11.3 Å². The smallest absolute Gasteiger partial charge is 0.264 e. The molecule has 0 aliphatic carbocycles. The van der Waals surface area contributed by atoms with Gasteiger partial charge in [-0.25, -0.2) is 0 Å². The van der Waals surface area contributed by atoms with Gasteiger partial charge in [0.2, 0.25) is 0 Å². The molecule has 154 valence electrons. The molecule has 3 rings (SSSR count). The molecule has 2 aromatic rings. The Morgan fingerprint density at radius 3 is 2.63 bits per heavy atom. The lowest BCUT2D eigenvalue weighted by Crippen LogP contribution is -2.34. The molecule has 1 atom stereocenters. The molecule has 1 aliphatic heterocycles. The molecule has 1 aliphatic rings. The molecule has 0 fully saturated rings. The fourth-order valence-corrected chi connectivity index (χ4v) is 3.53. The van der Waals surface area contributed by atoms with Gasteiger partial charge in [-0.3, -0.25) is 14.5 Å². The van der Waals surface area contributed by atoms with Gasteiger partial charge in [0.05, 0.1) is 49.1 Å². The van der Waals surface area contributed by atoms with Crippen LogP contribution in [0.1, 0.15) is 52.6 Å². The van der Waals surface area contributed by atoms with Crippen molar-refractivity contribution in [2.75, 3.05) is 19.0 Å². The summed E-state index contributed by atoms with van der Waals surface area (Å²) in [5, 5.41) is 12.4. The van der Waals surface area contributed by atoms with Crippen LogP contribution >= 0.6 is 0 Å². The molecule has 0 spiro atoms. The molecule has 1 N–H and O–H groups in total. The third-order valence-electron chi connectivity index (χ3n) is 4.76. The minimum Gasteiger partial charge on any atom is -0.493 e. The first-order valence-corrected chi connectivity index (χ1v) is 9.54. The average molecular weight is 405 g/mol. The summed E-state index contributed by atoms with van der Waals surface area (Å²) in [5.41, 5.74) is 2.36. The number of carbonyl (C=O) groups is 2. The Morgan fingerprint density at radius 1 is 1.23 bits per heavy atom. The fraction of sp³-hybridized carbons (Fsp3) is 0.261. The van der Waals surface area contributed by atoms with Crippen LogP contribution in [0.15, 0.2) is 48.7 Å². The number of methoxy groups -OCH3 is 1. The monoisotopic (exact) mass is 405 g/mol. The zero-order chi connectivity index (χ0) is 21.8. The molecule has 0 saturated carbocycles. The largest absolute Gasteiger partial charge is 0.493 e. The van der Waals surface area contributed by atoms with E-state index in [-0.39, 0.29) is 12.0 Å². The lowest BCUT2D eigenvalue weighted by molar-refractivity contribution is 0.0584. The summed E-state index contributed by atoms with van der Waals surface area (Å²) in [7, 11) is 1.53. The van der Waals surface area contributed by atoms with Gasteiger partial charge >= 0.3 is 0 Å². The predicted molar refractivity (Wildman–Crippen MR) is 113 cm³/mol. The summed E-state index contributed by atoms with van der Waals surface area (Å²) in [6, 6.07) is 11.5. The molecule has 0 saturated heterocycles. The highest BCUT2D eigenvalue weighted by molar-refractivity contribution is 6.24. The number of benzene rings is 2. The van der Waals surface area contributed by atoms with Crippen molar-refractivity contribution in [2.45, 2.75) is 26.3 Å². The van der Waals surface area contributed by atoms with Crippen molar-refractivity contribution in [1.29, 1.82) is 5.26 Å². The second kappa shape index (κ2) is 8.70. The first kappa shape index (κ1) is 20.9. The average Bonchev–Trinajstić information content (AvgIpc) is 2.97. The Morgan fingerprint density at radius 2 is 2.00 bits per heavy atom. The van der Waals surface area contributed by atoms with Gasteiger partial charge in [-0.15, -0.1) is 0 Å². The number of amides is 2. The standard InChI is InChI=1S/C23H23N3O4/c1-5-30-20-13-15(9-10-19(20)29-4)18(11-12-24)26-22(27)16-7-6-8-17(25-14(2)3)21(16)23(26)28/h6-10,13,18,25H,2,5,11H2,1,3-4H3. The number of imide groups is 1. The zero-order valence-electron chi connectivity index (χ0n) is 17.2. The first-order valence-electron chi connectivity index (χ1n) is 9.54. The quantitative estimate of drug-likeness (QED) is 0.659. The summed E-state index contributed by atoms with van der Waals surface area (Å²) in [5.74, 6) is 0.135. The minimum atomic E-state index is -0.759. The summed E-state index contributed by atoms with van der Waals surface area (Å²) in [6.45, 7) is 7.84. The Bertz CT molecular complexity index is 1050. The number of nitriles is 1. The van der Waals surface area contributed by atoms with E-state index in [1.165, 1.54) is 7.11 Å². The number of carbonyl (C=O) groups excluding carboxylic acids is 2. The Labute approximate surface area is 175 Å². The van der Waals surface area contributed by atoms with E-state index in [0.717, 1.165) is 4.90 Å². The van der Waals surface area contributed by atoms with Gasteiger partial charge in [0, 0.05) is 5.70 Å². The second-order valence-electron chi connectivity index (χ2n) is 6.84.